The van der Waals surface area contributed by atoms with Crippen LogP contribution in [-0.4, -0.2) is 16.7 Å². The van der Waals surface area contributed by atoms with Crippen LogP contribution in [0.15, 0.2) is 30.3 Å². The number of fused-ring (bicyclic) bond motifs is 3. The number of pyridine rings is 1. The Labute approximate surface area is 99.6 Å². The maximum atomic E-state index is 5.24. The molecule has 3 heteroatoms. The van der Waals surface area contributed by atoms with Gasteiger partial charge in [-0.15, -0.1) is 0 Å². The fourth-order valence-electron chi connectivity index (χ4n) is 2.48. The maximum absolute atomic E-state index is 5.24. The lowest BCUT2D eigenvalue weighted by Crippen LogP contribution is -1.94. The first-order chi connectivity index (χ1) is 8.22. The van der Waals surface area contributed by atoms with Crippen molar-refractivity contribution in [2.45, 2.75) is 6.92 Å². The number of para-hydroxylation sites is 1. The highest BCUT2D eigenvalue weighted by atomic mass is 16.5. The molecule has 0 atom stereocenters. The summed E-state index contributed by atoms with van der Waals surface area (Å²) in [4.78, 5) is 4.43. The van der Waals surface area contributed by atoms with Crippen molar-refractivity contribution in [3.8, 4) is 5.88 Å². The number of hydrogen-bond acceptors (Lipinski definition) is 2. The Morgan fingerprint density at radius 1 is 1.18 bits per heavy atom. The predicted octanol–water partition coefficient (Wildman–Crippen LogP) is 3.04. The Kier molecular flexibility index (Phi) is 2.08. The quantitative estimate of drug-likeness (QED) is 0.637. The Bertz CT molecular complexity index is 713. The first-order valence-corrected chi connectivity index (χ1v) is 5.61. The van der Waals surface area contributed by atoms with Crippen molar-refractivity contribution in [3.05, 3.63) is 36.0 Å². The third-order valence-electron chi connectivity index (χ3n) is 3.24. The number of nitrogens with zero attached hydrogens (tertiary/aromatic N) is 2. The summed E-state index contributed by atoms with van der Waals surface area (Å²) in [5.41, 5.74) is 3.39. The van der Waals surface area contributed by atoms with Crippen molar-refractivity contribution in [1.82, 2.24) is 9.55 Å². The van der Waals surface area contributed by atoms with E-state index in [1.165, 1.54) is 21.8 Å². The van der Waals surface area contributed by atoms with Gasteiger partial charge in [0.15, 0.2) is 0 Å². The Hall–Kier alpha value is -2.03. The molecule has 0 aliphatic carbocycles. The van der Waals surface area contributed by atoms with E-state index >= 15 is 0 Å². The highest BCUT2D eigenvalue weighted by Crippen LogP contribution is 2.31. The first-order valence-electron chi connectivity index (χ1n) is 5.61. The number of ether oxygens (including phenoxy) is 1. The lowest BCUT2D eigenvalue weighted by Gasteiger charge is -2.03. The van der Waals surface area contributed by atoms with E-state index < -0.39 is 0 Å². The number of hydrogen-bond donors (Lipinski definition) is 0. The lowest BCUT2D eigenvalue weighted by molar-refractivity contribution is 0.398. The monoisotopic (exact) mass is 226 g/mol. The summed E-state index contributed by atoms with van der Waals surface area (Å²) in [5, 5.41) is 2.45. The van der Waals surface area contributed by atoms with Crippen LogP contribution < -0.4 is 4.74 Å². The van der Waals surface area contributed by atoms with E-state index in [2.05, 4.69) is 40.9 Å². The van der Waals surface area contributed by atoms with Gasteiger partial charge in [-0.3, -0.25) is 0 Å². The van der Waals surface area contributed by atoms with Crippen molar-refractivity contribution in [1.29, 1.82) is 0 Å². The van der Waals surface area contributed by atoms with E-state index in [0.717, 1.165) is 5.69 Å². The number of aromatic nitrogens is 2. The molecule has 2 aromatic heterocycles. The lowest BCUT2D eigenvalue weighted by atomic mass is 10.2. The topological polar surface area (TPSA) is 27.1 Å². The minimum absolute atomic E-state index is 0.673. The van der Waals surface area contributed by atoms with Crippen molar-refractivity contribution >= 4 is 21.8 Å². The van der Waals surface area contributed by atoms with Gasteiger partial charge in [0.05, 0.1) is 18.3 Å². The molecule has 0 bridgehead atoms. The van der Waals surface area contributed by atoms with Crippen molar-refractivity contribution in [2.24, 2.45) is 7.05 Å². The van der Waals surface area contributed by atoms with Crippen molar-refractivity contribution < 1.29 is 4.74 Å². The van der Waals surface area contributed by atoms with E-state index in [4.69, 9.17) is 4.74 Å². The Balaban J connectivity index is 2.57. The standard InChI is InChI=1S/C14H14N2O/c1-9-14-11(8-13(15-9)17-3)10-6-4-5-7-12(10)16(14)2/h4-8H,1-3H3. The minimum Gasteiger partial charge on any atom is -0.481 e. The summed E-state index contributed by atoms with van der Waals surface area (Å²) in [6.07, 6.45) is 0. The second-order valence-electron chi connectivity index (χ2n) is 4.22. The zero-order chi connectivity index (χ0) is 12.0. The van der Waals surface area contributed by atoms with Crippen LogP contribution in [0.5, 0.6) is 5.88 Å². The van der Waals surface area contributed by atoms with Crippen molar-refractivity contribution in [3.63, 3.8) is 0 Å². The minimum atomic E-state index is 0.673. The van der Waals surface area contributed by atoms with Gasteiger partial charge in [0.2, 0.25) is 5.88 Å². The van der Waals surface area contributed by atoms with Crippen LogP contribution in [0.4, 0.5) is 0 Å². The van der Waals surface area contributed by atoms with Crippen LogP contribution in [0, 0.1) is 6.92 Å². The number of benzene rings is 1. The number of aryl methyl sites for hydroxylation is 2. The van der Waals surface area contributed by atoms with Crippen molar-refractivity contribution in [2.75, 3.05) is 7.11 Å². The van der Waals surface area contributed by atoms with Crippen LogP contribution in [-0.2, 0) is 7.05 Å². The zero-order valence-corrected chi connectivity index (χ0v) is 10.2. The average Bonchev–Trinajstić information content (AvgIpc) is 2.64. The normalized spacial score (nSPS) is 11.2. The Morgan fingerprint density at radius 3 is 2.71 bits per heavy atom. The maximum Gasteiger partial charge on any atom is 0.213 e. The highest BCUT2D eigenvalue weighted by molar-refractivity contribution is 6.08. The summed E-state index contributed by atoms with van der Waals surface area (Å²) < 4.78 is 7.43. The SMILES string of the molecule is COc1cc2c3ccccc3n(C)c2c(C)n1. The fourth-order valence-corrected chi connectivity index (χ4v) is 2.48. The Morgan fingerprint density at radius 2 is 1.94 bits per heavy atom. The largest absolute Gasteiger partial charge is 0.481 e. The summed E-state index contributed by atoms with van der Waals surface area (Å²) in [6.45, 7) is 2.02. The van der Waals surface area contributed by atoms with Crippen LogP contribution >= 0.6 is 0 Å². The third kappa shape index (κ3) is 1.32. The van der Waals surface area contributed by atoms with Gasteiger partial charge in [-0.05, 0) is 13.0 Å². The van der Waals surface area contributed by atoms with Gasteiger partial charge in [-0.2, -0.15) is 0 Å². The number of methoxy groups -OCH3 is 1. The summed E-state index contributed by atoms with van der Waals surface area (Å²) in [6, 6.07) is 10.4. The van der Waals surface area contributed by atoms with E-state index in [-0.39, 0.29) is 0 Å². The molecule has 0 fully saturated rings. The van der Waals surface area contributed by atoms with Crippen LogP contribution in [0.2, 0.25) is 0 Å². The molecule has 0 aliphatic rings. The fraction of sp³-hybridized carbons (Fsp3) is 0.214. The van der Waals surface area contributed by atoms with Crippen LogP contribution in [0.3, 0.4) is 0 Å². The van der Waals surface area contributed by atoms with E-state index in [9.17, 15) is 0 Å². The van der Waals surface area contributed by atoms with E-state index in [1.807, 2.05) is 13.0 Å². The molecule has 3 rings (SSSR count). The zero-order valence-electron chi connectivity index (χ0n) is 10.2. The molecule has 0 spiro atoms. The molecule has 3 nitrogen and oxygen atoms in total. The molecule has 0 saturated heterocycles. The molecule has 0 N–H and O–H groups in total. The molecule has 0 unspecified atom stereocenters. The second-order valence-corrected chi connectivity index (χ2v) is 4.22. The van der Waals surface area contributed by atoms with Gasteiger partial charge in [0, 0.05) is 29.4 Å². The molecule has 0 aliphatic heterocycles. The molecule has 1 aromatic carbocycles. The van der Waals surface area contributed by atoms with Crippen LogP contribution in [0.1, 0.15) is 5.69 Å². The molecule has 0 saturated carbocycles. The van der Waals surface area contributed by atoms with Gasteiger partial charge in [0.1, 0.15) is 0 Å². The summed E-state index contributed by atoms with van der Waals surface area (Å²) in [7, 11) is 3.73. The highest BCUT2D eigenvalue weighted by Gasteiger charge is 2.12. The molecule has 0 radical (unpaired) electrons. The molecular weight excluding hydrogens is 212 g/mol. The average molecular weight is 226 g/mol. The van der Waals surface area contributed by atoms with Gasteiger partial charge >= 0.3 is 0 Å². The van der Waals surface area contributed by atoms with Crippen LogP contribution in [0.25, 0.3) is 21.8 Å². The molecule has 86 valence electrons. The van der Waals surface area contributed by atoms with E-state index in [1.54, 1.807) is 7.11 Å². The van der Waals surface area contributed by atoms with E-state index in [0.29, 0.717) is 5.88 Å². The van der Waals surface area contributed by atoms with Gasteiger partial charge in [0.25, 0.3) is 0 Å². The first kappa shape index (κ1) is 10.1. The molecular formula is C14H14N2O. The van der Waals surface area contributed by atoms with Gasteiger partial charge in [-0.1, -0.05) is 18.2 Å². The third-order valence-corrected chi connectivity index (χ3v) is 3.24. The smallest absolute Gasteiger partial charge is 0.213 e. The molecule has 2 heterocycles. The molecule has 3 aromatic rings. The van der Waals surface area contributed by atoms with Gasteiger partial charge in [-0.25, -0.2) is 4.98 Å². The summed E-state index contributed by atoms with van der Waals surface area (Å²) >= 11 is 0. The summed E-state index contributed by atoms with van der Waals surface area (Å²) in [5.74, 6) is 0.673. The number of rotatable bonds is 1. The van der Waals surface area contributed by atoms with Gasteiger partial charge < -0.3 is 9.30 Å². The molecule has 0 amide bonds. The second kappa shape index (κ2) is 3.48. The molecule has 17 heavy (non-hydrogen) atoms. The predicted molar refractivity (Wildman–Crippen MR) is 69.5 cm³/mol.